The zero-order chi connectivity index (χ0) is 13.1. The summed E-state index contributed by atoms with van der Waals surface area (Å²) in [5.74, 6) is -0.0718. The molecule has 2 aromatic rings. The van der Waals surface area contributed by atoms with Crippen molar-refractivity contribution in [1.29, 1.82) is 0 Å². The number of aryl methyl sites for hydroxylation is 1. The number of hydrogen-bond donors (Lipinski definition) is 2. The number of carboxylic acids is 1. The van der Waals surface area contributed by atoms with Crippen LogP contribution in [0.15, 0.2) is 18.2 Å². The molecule has 1 heterocycles. The first-order valence-corrected chi connectivity index (χ1v) is 5.85. The average Bonchev–Trinajstić information content (AvgIpc) is 2.77. The Morgan fingerprint density at radius 1 is 1.56 bits per heavy atom. The number of nitrogens with zero attached hydrogens (tertiary/aromatic N) is 1. The lowest BCUT2D eigenvalue weighted by Gasteiger charge is -2.06. The third-order valence-electron chi connectivity index (χ3n) is 2.97. The van der Waals surface area contributed by atoms with Gasteiger partial charge in [-0.3, -0.25) is 0 Å². The van der Waals surface area contributed by atoms with Crippen molar-refractivity contribution in [3.63, 3.8) is 0 Å². The van der Waals surface area contributed by atoms with Crippen LogP contribution in [0.3, 0.4) is 0 Å². The Hall–Kier alpha value is -1.88. The van der Waals surface area contributed by atoms with E-state index in [9.17, 15) is 4.79 Å². The van der Waals surface area contributed by atoms with Gasteiger partial charge in [-0.1, -0.05) is 0 Å². The molecule has 1 atom stereocenters. The van der Waals surface area contributed by atoms with Crippen molar-refractivity contribution in [2.45, 2.75) is 25.9 Å². The maximum atomic E-state index is 10.9. The molecular formula is C13H16N2O3. The van der Waals surface area contributed by atoms with E-state index in [-0.39, 0.29) is 11.7 Å². The lowest BCUT2D eigenvalue weighted by atomic mass is 10.2. The molecule has 1 aromatic carbocycles. The van der Waals surface area contributed by atoms with E-state index in [0.29, 0.717) is 0 Å². The summed E-state index contributed by atoms with van der Waals surface area (Å²) in [6.45, 7) is 2.01. The van der Waals surface area contributed by atoms with Crippen molar-refractivity contribution in [3.05, 3.63) is 29.6 Å². The second kappa shape index (κ2) is 5.18. The van der Waals surface area contributed by atoms with E-state index in [0.717, 1.165) is 29.7 Å². The van der Waals surface area contributed by atoms with E-state index in [1.165, 1.54) is 0 Å². The Morgan fingerprint density at radius 2 is 2.33 bits per heavy atom. The Morgan fingerprint density at radius 3 is 3.00 bits per heavy atom. The molecular weight excluding hydrogens is 232 g/mol. The Labute approximate surface area is 105 Å². The maximum Gasteiger partial charge on any atom is 0.335 e. The molecule has 5 heteroatoms. The molecule has 0 saturated carbocycles. The number of rotatable bonds is 5. The fourth-order valence-corrected chi connectivity index (χ4v) is 1.77. The van der Waals surface area contributed by atoms with Gasteiger partial charge in [-0.25, -0.2) is 9.78 Å². The highest BCUT2D eigenvalue weighted by Crippen LogP contribution is 2.15. The van der Waals surface area contributed by atoms with Crippen LogP contribution < -0.4 is 0 Å². The van der Waals surface area contributed by atoms with E-state index >= 15 is 0 Å². The number of benzene rings is 1. The highest BCUT2D eigenvalue weighted by molar-refractivity contribution is 5.92. The predicted molar refractivity (Wildman–Crippen MR) is 67.8 cm³/mol. The number of aromatic carboxylic acids is 1. The fourth-order valence-electron chi connectivity index (χ4n) is 1.77. The van der Waals surface area contributed by atoms with Gasteiger partial charge in [-0.05, 0) is 31.5 Å². The molecule has 0 aliphatic rings. The molecule has 0 radical (unpaired) electrons. The molecule has 0 saturated heterocycles. The SMILES string of the molecule is COC(C)CCc1nc2ccc(C(=O)O)cc2[nH]1. The topological polar surface area (TPSA) is 75.2 Å². The van der Waals surface area contributed by atoms with Gasteiger partial charge in [-0.2, -0.15) is 0 Å². The zero-order valence-electron chi connectivity index (χ0n) is 10.4. The van der Waals surface area contributed by atoms with Crippen molar-refractivity contribution in [1.82, 2.24) is 9.97 Å². The zero-order valence-corrected chi connectivity index (χ0v) is 10.4. The van der Waals surface area contributed by atoms with E-state index in [4.69, 9.17) is 9.84 Å². The largest absolute Gasteiger partial charge is 0.478 e. The molecule has 0 bridgehead atoms. The van der Waals surface area contributed by atoms with E-state index < -0.39 is 5.97 Å². The average molecular weight is 248 g/mol. The fraction of sp³-hybridized carbons (Fsp3) is 0.385. The van der Waals surface area contributed by atoms with Crippen LogP contribution in [0.2, 0.25) is 0 Å². The molecule has 18 heavy (non-hydrogen) atoms. The number of aromatic amines is 1. The second-order valence-corrected chi connectivity index (χ2v) is 4.31. The monoisotopic (exact) mass is 248 g/mol. The summed E-state index contributed by atoms with van der Waals surface area (Å²) in [5.41, 5.74) is 1.82. The molecule has 96 valence electrons. The summed E-state index contributed by atoms with van der Waals surface area (Å²) in [6, 6.07) is 4.89. The predicted octanol–water partition coefficient (Wildman–Crippen LogP) is 2.23. The second-order valence-electron chi connectivity index (χ2n) is 4.31. The van der Waals surface area contributed by atoms with Crippen LogP contribution in [0, 0.1) is 0 Å². The van der Waals surface area contributed by atoms with Crippen molar-refractivity contribution in [3.8, 4) is 0 Å². The third-order valence-corrected chi connectivity index (χ3v) is 2.97. The molecule has 1 unspecified atom stereocenters. The van der Waals surface area contributed by atoms with Gasteiger partial charge in [0.2, 0.25) is 0 Å². The van der Waals surface area contributed by atoms with Crippen LogP contribution in [-0.4, -0.2) is 34.3 Å². The normalized spacial score (nSPS) is 12.8. The highest BCUT2D eigenvalue weighted by atomic mass is 16.5. The number of aromatic nitrogens is 2. The van der Waals surface area contributed by atoms with Crippen LogP contribution in [0.4, 0.5) is 0 Å². The van der Waals surface area contributed by atoms with Gasteiger partial charge in [0.05, 0.1) is 22.7 Å². The van der Waals surface area contributed by atoms with Crippen molar-refractivity contribution in [2.24, 2.45) is 0 Å². The van der Waals surface area contributed by atoms with Crippen LogP contribution in [0.5, 0.6) is 0 Å². The summed E-state index contributed by atoms with van der Waals surface area (Å²) in [5, 5.41) is 8.91. The summed E-state index contributed by atoms with van der Waals surface area (Å²) < 4.78 is 5.18. The Balaban J connectivity index is 2.19. The Kier molecular flexibility index (Phi) is 3.62. The summed E-state index contributed by atoms with van der Waals surface area (Å²) in [4.78, 5) is 18.4. The lowest BCUT2D eigenvalue weighted by Crippen LogP contribution is -2.06. The molecule has 0 aliphatic heterocycles. The van der Waals surface area contributed by atoms with Crippen molar-refractivity contribution < 1.29 is 14.6 Å². The van der Waals surface area contributed by atoms with Gasteiger partial charge in [0.25, 0.3) is 0 Å². The first-order chi connectivity index (χ1) is 8.60. The van der Waals surface area contributed by atoms with Gasteiger partial charge in [0, 0.05) is 13.5 Å². The van der Waals surface area contributed by atoms with Gasteiger partial charge >= 0.3 is 5.97 Å². The molecule has 2 rings (SSSR count). The van der Waals surface area contributed by atoms with E-state index in [1.807, 2.05) is 6.92 Å². The minimum atomic E-state index is -0.930. The smallest absolute Gasteiger partial charge is 0.335 e. The van der Waals surface area contributed by atoms with Gasteiger partial charge < -0.3 is 14.8 Å². The number of carbonyl (C=O) groups is 1. The quantitative estimate of drug-likeness (QED) is 0.850. The van der Waals surface area contributed by atoms with Crippen molar-refractivity contribution in [2.75, 3.05) is 7.11 Å². The van der Waals surface area contributed by atoms with Crippen molar-refractivity contribution >= 4 is 17.0 Å². The number of carboxylic acid groups (broad SMARTS) is 1. The summed E-state index contributed by atoms with van der Waals surface area (Å²) >= 11 is 0. The number of methoxy groups -OCH3 is 1. The van der Waals surface area contributed by atoms with Crippen LogP contribution in [0.25, 0.3) is 11.0 Å². The van der Waals surface area contributed by atoms with Gasteiger partial charge in [0.1, 0.15) is 5.82 Å². The maximum absolute atomic E-state index is 10.9. The molecule has 1 aromatic heterocycles. The standard InChI is InChI=1S/C13H16N2O3/c1-8(18-2)3-6-12-14-10-5-4-9(13(16)17)7-11(10)15-12/h4-5,7-8H,3,6H2,1-2H3,(H,14,15)(H,16,17). The number of ether oxygens (including phenoxy) is 1. The number of imidazole rings is 1. The number of nitrogens with one attached hydrogen (secondary N) is 1. The first-order valence-electron chi connectivity index (χ1n) is 5.85. The number of fused-ring (bicyclic) bond motifs is 1. The molecule has 0 fully saturated rings. The third kappa shape index (κ3) is 2.68. The minimum absolute atomic E-state index is 0.188. The molecule has 0 aliphatic carbocycles. The molecule has 0 spiro atoms. The molecule has 2 N–H and O–H groups in total. The number of hydrogen-bond acceptors (Lipinski definition) is 3. The summed E-state index contributed by atoms with van der Waals surface area (Å²) in [6.07, 6.45) is 1.85. The summed E-state index contributed by atoms with van der Waals surface area (Å²) in [7, 11) is 1.68. The lowest BCUT2D eigenvalue weighted by molar-refractivity contribution is 0.0697. The highest BCUT2D eigenvalue weighted by Gasteiger charge is 2.08. The van der Waals surface area contributed by atoms with E-state index in [2.05, 4.69) is 9.97 Å². The Bertz CT molecular complexity index is 562. The van der Waals surface area contributed by atoms with Gasteiger partial charge in [0.15, 0.2) is 0 Å². The molecule has 5 nitrogen and oxygen atoms in total. The van der Waals surface area contributed by atoms with Gasteiger partial charge in [-0.15, -0.1) is 0 Å². The first kappa shape index (κ1) is 12.6. The van der Waals surface area contributed by atoms with Crippen LogP contribution in [0.1, 0.15) is 29.5 Å². The van der Waals surface area contributed by atoms with Crippen LogP contribution >= 0.6 is 0 Å². The minimum Gasteiger partial charge on any atom is -0.478 e. The number of H-pyrrole nitrogens is 1. The molecule has 0 amide bonds. The van der Waals surface area contributed by atoms with Crippen LogP contribution in [-0.2, 0) is 11.2 Å². The van der Waals surface area contributed by atoms with E-state index in [1.54, 1.807) is 25.3 Å².